The fourth-order valence-corrected chi connectivity index (χ4v) is 3.27. The highest BCUT2D eigenvalue weighted by Crippen LogP contribution is 2.35. The first-order valence-electron chi connectivity index (χ1n) is 9.00. The average Bonchev–Trinajstić information content (AvgIpc) is 3.20. The van der Waals surface area contributed by atoms with Gasteiger partial charge in [-0.25, -0.2) is 9.37 Å². The SMILES string of the molecule is COc1cccc(C(Nc2cc(C)nc3ncnn23)c2cc(F)ccc2OC)c1. The number of ether oxygens (including phenoxy) is 2. The molecule has 0 aliphatic carbocycles. The molecule has 29 heavy (non-hydrogen) atoms. The van der Waals surface area contributed by atoms with E-state index in [-0.39, 0.29) is 5.82 Å². The Morgan fingerprint density at radius 3 is 2.72 bits per heavy atom. The molecule has 0 saturated carbocycles. The van der Waals surface area contributed by atoms with Crippen molar-refractivity contribution < 1.29 is 13.9 Å². The van der Waals surface area contributed by atoms with Crippen LogP contribution in [-0.2, 0) is 0 Å². The van der Waals surface area contributed by atoms with Gasteiger partial charge in [0.1, 0.15) is 29.5 Å². The predicted molar refractivity (Wildman–Crippen MR) is 107 cm³/mol. The second kappa shape index (κ2) is 7.75. The van der Waals surface area contributed by atoms with Crippen LogP contribution in [0.1, 0.15) is 22.9 Å². The van der Waals surface area contributed by atoms with Crippen molar-refractivity contribution >= 4 is 11.6 Å². The third-order valence-corrected chi connectivity index (χ3v) is 4.60. The number of aromatic nitrogens is 4. The molecule has 0 saturated heterocycles. The molecule has 1 unspecified atom stereocenters. The van der Waals surface area contributed by atoms with Crippen LogP contribution in [0.15, 0.2) is 54.9 Å². The number of halogens is 1. The summed E-state index contributed by atoms with van der Waals surface area (Å²) in [6, 6.07) is 13.5. The van der Waals surface area contributed by atoms with Crippen LogP contribution in [0.5, 0.6) is 11.5 Å². The summed E-state index contributed by atoms with van der Waals surface area (Å²) >= 11 is 0. The standard InChI is InChI=1S/C21H20FN5O2/c1-13-9-19(27-21(25-13)23-12-24-27)26-20(14-5-4-6-16(10-14)28-2)17-11-15(22)7-8-18(17)29-3/h4-12,20,26H,1-3H3. The third-order valence-electron chi connectivity index (χ3n) is 4.60. The van der Waals surface area contributed by atoms with Crippen LogP contribution >= 0.6 is 0 Å². The van der Waals surface area contributed by atoms with Crippen molar-refractivity contribution in [3.05, 3.63) is 77.5 Å². The minimum absolute atomic E-state index is 0.354. The number of hydrogen-bond donors (Lipinski definition) is 1. The highest BCUT2D eigenvalue weighted by Gasteiger charge is 2.21. The summed E-state index contributed by atoms with van der Waals surface area (Å²) in [5.41, 5.74) is 2.29. The van der Waals surface area contributed by atoms with E-state index >= 15 is 0 Å². The molecule has 4 aromatic rings. The van der Waals surface area contributed by atoms with Gasteiger partial charge in [0.25, 0.3) is 5.78 Å². The van der Waals surface area contributed by atoms with E-state index in [9.17, 15) is 4.39 Å². The number of nitrogens with zero attached hydrogens (tertiary/aromatic N) is 4. The molecule has 148 valence electrons. The molecular formula is C21H20FN5O2. The summed E-state index contributed by atoms with van der Waals surface area (Å²) < 4.78 is 26.7. The van der Waals surface area contributed by atoms with Crippen LogP contribution in [0.25, 0.3) is 5.78 Å². The Hall–Kier alpha value is -3.68. The van der Waals surface area contributed by atoms with E-state index in [4.69, 9.17) is 9.47 Å². The van der Waals surface area contributed by atoms with Crippen molar-refractivity contribution in [2.45, 2.75) is 13.0 Å². The van der Waals surface area contributed by atoms with E-state index in [0.717, 1.165) is 11.3 Å². The number of hydrogen-bond acceptors (Lipinski definition) is 6. The van der Waals surface area contributed by atoms with Crippen LogP contribution < -0.4 is 14.8 Å². The largest absolute Gasteiger partial charge is 0.497 e. The van der Waals surface area contributed by atoms with Gasteiger partial charge in [-0.05, 0) is 42.8 Å². The summed E-state index contributed by atoms with van der Waals surface area (Å²) in [6.07, 6.45) is 1.44. The number of methoxy groups -OCH3 is 2. The lowest BCUT2D eigenvalue weighted by Crippen LogP contribution is -2.17. The smallest absolute Gasteiger partial charge is 0.254 e. The fraction of sp³-hybridized carbons (Fsp3) is 0.190. The zero-order valence-corrected chi connectivity index (χ0v) is 16.3. The predicted octanol–water partition coefficient (Wildman–Crippen LogP) is 3.79. The Morgan fingerprint density at radius 1 is 1.07 bits per heavy atom. The number of benzene rings is 2. The maximum atomic E-state index is 14.2. The van der Waals surface area contributed by atoms with Gasteiger partial charge in [-0.2, -0.15) is 14.6 Å². The molecule has 0 radical (unpaired) electrons. The first-order chi connectivity index (χ1) is 14.1. The van der Waals surface area contributed by atoms with Gasteiger partial charge in [-0.15, -0.1) is 0 Å². The summed E-state index contributed by atoms with van der Waals surface area (Å²) in [4.78, 5) is 8.53. The second-order valence-corrected chi connectivity index (χ2v) is 6.49. The lowest BCUT2D eigenvalue weighted by Gasteiger charge is -2.23. The van der Waals surface area contributed by atoms with Crippen LogP contribution in [0.3, 0.4) is 0 Å². The molecule has 0 aliphatic heterocycles. The fourth-order valence-electron chi connectivity index (χ4n) is 3.27. The Balaban J connectivity index is 1.88. The molecule has 1 atom stereocenters. The number of fused-ring (bicyclic) bond motifs is 1. The first kappa shape index (κ1) is 18.7. The molecule has 0 aliphatic rings. The molecule has 2 aromatic heterocycles. The lowest BCUT2D eigenvalue weighted by atomic mass is 9.97. The quantitative estimate of drug-likeness (QED) is 0.537. The van der Waals surface area contributed by atoms with Gasteiger partial charge in [0.15, 0.2) is 0 Å². The maximum Gasteiger partial charge on any atom is 0.254 e. The number of aryl methyl sites for hydroxylation is 1. The van der Waals surface area contributed by atoms with Crippen molar-refractivity contribution in [1.82, 2.24) is 19.6 Å². The number of rotatable bonds is 6. The molecule has 1 N–H and O–H groups in total. The van der Waals surface area contributed by atoms with Crippen LogP contribution in [0.2, 0.25) is 0 Å². The molecule has 2 heterocycles. The van der Waals surface area contributed by atoms with Gasteiger partial charge < -0.3 is 14.8 Å². The minimum Gasteiger partial charge on any atom is -0.497 e. The Kier molecular flexibility index (Phi) is 4.99. The van der Waals surface area contributed by atoms with E-state index in [1.54, 1.807) is 24.8 Å². The van der Waals surface area contributed by atoms with Gasteiger partial charge in [0.05, 0.1) is 20.3 Å². The minimum atomic E-state index is -0.440. The number of anilines is 1. The molecule has 0 fully saturated rings. The molecule has 8 heteroatoms. The van der Waals surface area contributed by atoms with Crippen LogP contribution in [0, 0.1) is 12.7 Å². The van der Waals surface area contributed by atoms with Crippen molar-refractivity contribution in [3.8, 4) is 11.5 Å². The highest BCUT2D eigenvalue weighted by atomic mass is 19.1. The Labute approximate surface area is 167 Å². The normalized spacial score (nSPS) is 12.0. The summed E-state index contributed by atoms with van der Waals surface area (Å²) in [6.45, 7) is 1.88. The Morgan fingerprint density at radius 2 is 1.93 bits per heavy atom. The van der Waals surface area contributed by atoms with E-state index in [1.165, 1.54) is 18.5 Å². The van der Waals surface area contributed by atoms with Crippen molar-refractivity contribution in [2.75, 3.05) is 19.5 Å². The maximum absolute atomic E-state index is 14.2. The third kappa shape index (κ3) is 3.69. The second-order valence-electron chi connectivity index (χ2n) is 6.49. The van der Waals surface area contributed by atoms with Gasteiger partial charge in [0.2, 0.25) is 0 Å². The molecular weight excluding hydrogens is 373 g/mol. The summed E-state index contributed by atoms with van der Waals surface area (Å²) in [7, 11) is 3.17. The molecule has 4 rings (SSSR count). The molecule has 7 nitrogen and oxygen atoms in total. The summed E-state index contributed by atoms with van der Waals surface area (Å²) in [5.74, 6) is 2.05. The van der Waals surface area contributed by atoms with E-state index in [2.05, 4.69) is 20.4 Å². The highest BCUT2D eigenvalue weighted by molar-refractivity contribution is 5.53. The van der Waals surface area contributed by atoms with Crippen LogP contribution in [-0.4, -0.2) is 33.8 Å². The van der Waals surface area contributed by atoms with Crippen molar-refractivity contribution in [2.24, 2.45) is 0 Å². The van der Waals surface area contributed by atoms with Crippen molar-refractivity contribution in [3.63, 3.8) is 0 Å². The monoisotopic (exact) mass is 393 g/mol. The Bertz CT molecular complexity index is 1160. The van der Waals surface area contributed by atoms with Gasteiger partial charge in [0, 0.05) is 17.3 Å². The molecule has 0 spiro atoms. The number of nitrogens with one attached hydrogen (secondary N) is 1. The van der Waals surface area contributed by atoms with Crippen molar-refractivity contribution in [1.29, 1.82) is 0 Å². The zero-order chi connectivity index (χ0) is 20.4. The first-order valence-corrected chi connectivity index (χ1v) is 9.00. The zero-order valence-electron chi connectivity index (χ0n) is 16.3. The molecule has 0 bridgehead atoms. The van der Waals surface area contributed by atoms with E-state index in [1.807, 2.05) is 37.3 Å². The topological polar surface area (TPSA) is 73.6 Å². The van der Waals surface area contributed by atoms with E-state index in [0.29, 0.717) is 28.7 Å². The summed E-state index contributed by atoms with van der Waals surface area (Å²) in [5, 5.41) is 7.70. The van der Waals surface area contributed by atoms with Gasteiger partial charge in [-0.1, -0.05) is 12.1 Å². The molecule has 0 amide bonds. The van der Waals surface area contributed by atoms with E-state index < -0.39 is 6.04 Å². The van der Waals surface area contributed by atoms with Gasteiger partial charge in [-0.3, -0.25) is 0 Å². The average molecular weight is 393 g/mol. The van der Waals surface area contributed by atoms with Gasteiger partial charge >= 0.3 is 0 Å². The molecule has 2 aromatic carbocycles. The van der Waals surface area contributed by atoms with Crippen LogP contribution in [0.4, 0.5) is 10.2 Å². The lowest BCUT2D eigenvalue weighted by molar-refractivity contribution is 0.406.